The highest BCUT2D eigenvalue weighted by Gasteiger charge is 2.27. The number of rotatable bonds is 4. The van der Waals surface area contributed by atoms with Gasteiger partial charge in [-0.2, -0.15) is 0 Å². The van der Waals surface area contributed by atoms with Crippen molar-refractivity contribution < 1.29 is 4.79 Å². The molecule has 0 radical (unpaired) electrons. The van der Waals surface area contributed by atoms with Gasteiger partial charge in [0.05, 0.1) is 0 Å². The van der Waals surface area contributed by atoms with Gasteiger partial charge in [0, 0.05) is 19.3 Å². The first-order valence-corrected chi connectivity index (χ1v) is 5.61. The number of carbonyl (C=O) groups excluding carboxylic acids is 1. The monoisotopic (exact) mass is 235 g/mol. The first kappa shape index (κ1) is 13.5. The second kappa shape index (κ2) is 4.75. The smallest absolute Gasteiger partial charge is 0.239 e. The molecule has 4 nitrogen and oxygen atoms in total. The number of hydrogen-bond donors (Lipinski definition) is 2. The zero-order valence-corrected chi connectivity index (χ0v) is 10.9. The molecule has 4 heteroatoms. The van der Waals surface area contributed by atoms with E-state index in [0.29, 0.717) is 6.54 Å². The standard InChI is InChI=1S/C13H21N3O/c1-9-5-6-11(10(2)7-9)16(4)8-13(3,15)12(14)17/h5-7H,8,15H2,1-4H3,(H2,14,17). The summed E-state index contributed by atoms with van der Waals surface area (Å²) in [5, 5.41) is 0. The Balaban J connectivity index is 2.90. The summed E-state index contributed by atoms with van der Waals surface area (Å²) >= 11 is 0. The molecule has 0 bridgehead atoms. The summed E-state index contributed by atoms with van der Waals surface area (Å²) in [5.41, 5.74) is 13.5. The Kier molecular flexibility index (Phi) is 3.78. The molecule has 94 valence electrons. The van der Waals surface area contributed by atoms with E-state index >= 15 is 0 Å². The Morgan fingerprint density at radius 3 is 2.47 bits per heavy atom. The van der Waals surface area contributed by atoms with Crippen LogP contribution in [0, 0.1) is 13.8 Å². The van der Waals surface area contributed by atoms with Crippen LogP contribution in [0.15, 0.2) is 18.2 Å². The van der Waals surface area contributed by atoms with Crippen molar-refractivity contribution in [2.75, 3.05) is 18.5 Å². The third-order valence-electron chi connectivity index (χ3n) is 2.89. The largest absolute Gasteiger partial charge is 0.372 e. The molecule has 1 atom stereocenters. The van der Waals surface area contributed by atoms with E-state index in [4.69, 9.17) is 11.5 Å². The quantitative estimate of drug-likeness (QED) is 0.816. The SMILES string of the molecule is Cc1ccc(N(C)CC(C)(N)C(N)=O)c(C)c1. The van der Waals surface area contributed by atoms with Crippen LogP contribution in [0.2, 0.25) is 0 Å². The summed E-state index contributed by atoms with van der Waals surface area (Å²) in [6.07, 6.45) is 0. The molecule has 1 aromatic carbocycles. The molecule has 0 spiro atoms. The maximum absolute atomic E-state index is 11.2. The number of hydrogen-bond acceptors (Lipinski definition) is 3. The minimum atomic E-state index is -1.02. The van der Waals surface area contributed by atoms with Crippen molar-refractivity contribution in [1.29, 1.82) is 0 Å². The molecule has 0 aromatic heterocycles. The van der Waals surface area contributed by atoms with Crippen LogP contribution in [-0.2, 0) is 4.79 Å². The zero-order valence-electron chi connectivity index (χ0n) is 10.9. The maximum Gasteiger partial charge on any atom is 0.239 e. The van der Waals surface area contributed by atoms with Crippen LogP contribution in [0.1, 0.15) is 18.1 Å². The first-order chi connectivity index (χ1) is 7.74. The Morgan fingerprint density at radius 1 is 1.41 bits per heavy atom. The number of carbonyl (C=O) groups is 1. The summed E-state index contributed by atoms with van der Waals surface area (Å²) < 4.78 is 0. The predicted octanol–water partition coefficient (Wildman–Crippen LogP) is 0.942. The van der Waals surface area contributed by atoms with Gasteiger partial charge < -0.3 is 16.4 Å². The summed E-state index contributed by atoms with van der Waals surface area (Å²) in [6, 6.07) is 6.17. The van der Waals surface area contributed by atoms with Crippen molar-refractivity contribution in [2.24, 2.45) is 11.5 Å². The molecule has 1 rings (SSSR count). The molecular weight excluding hydrogens is 214 g/mol. The van der Waals surface area contributed by atoms with Gasteiger partial charge in [0.15, 0.2) is 0 Å². The molecule has 1 amide bonds. The molecule has 0 fully saturated rings. The number of benzene rings is 1. The van der Waals surface area contributed by atoms with Crippen molar-refractivity contribution in [1.82, 2.24) is 0 Å². The molecule has 1 unspecified atom stereocenters. The van der Waals surface area contributed by atoms with E-state index in [1.54, 1.807) is 6.92 Å². The van der Waals surface area contributed by atoms with Gasteiger partial charge in [0.2, 0.25) is 5.91 Å². The summed E-state index contributed by atoms with van der Waals surface area (Å²) in [4.78, 5) is 13.2. The van der Waals surface area contributed by atoms with Gasteiger partial charge in [-0.3, -0.25) is 4.79 Å². The lowest BCUT2D eigenvalue weighted by Gasteiger charge is -2.30. The molecule has 0 saturated carbocycles. The molecule has 4 N–H and O–H groups in total. The van der Waals surface area contributed by atoms with Gasteiger partial charge in [0.1, 0.15) is 5.54 Å². The van der Waals surface area contributed by atoms with Gasteiger partial charge in [-0.05, 0) is 32.4 Å². The number of nitrogens with zero attached hydrogens (tertiary/aromatic N) is 1. The van der Waals surface area contributed by atoms with E-state index in [1.807, 2.05) is 37.9 Å². The van der Waals surface area contributed by atoms with Gasteiger partial charge in [0.25, 0.3) is 0 Å². The number of aryl methyl sites for hydroxylation is 2. The maximum atomic E-state index is 11.2. The number of anilines is 1. The second-order valence-corrected chi connectivity index (χ2v) is 4.93. The Bertz CT molecular complexity index is 427. The summed E-state index contributed by atoms with van der Waals surface area (Å²) in [7, 11) is 1.91. The van der Waals surface area contributed by atoms with Crippen LogP contribution < -0.4 is 16.4 Å². The van der Waals surface area contributed by atoms with Crippen molar-refractivity contribution in [3.63, 3.8) is 0 Å². The van der Waals surface area contributed by atoms with Gasteiger partial charge >= 0.3 is 0 Å². The molecule has 0 aliphatic heterocycles. The highest BCUT2D eigenvalue weighted by Crippen LogP contribution is 2.21. The summed E-state index contributed by atoms with van der Waals surface area (Å²) in [5.74, 6) is -0.492. The Labute approximate surface area is 103 Å². The number of primary amides is 1. The van der Waals surface area contributed by atoms with Crippen molar-refractivity contribution >= 4 is 11.6 Å². The molecular formula is C13H21N3O. The second-order valence-electron chi connectivity index (χ2n) is 4.93. The molecule has 17 heavy (non-hydrogen) atoms. The average Bonchev–Trinajstić information content (AvgIpc) is 2.15. The fourth-order valence-corrected chi connectivity index (χ4v) is 1.89. The number of amides is 1. The van der Waals surface area contributed by atoms with E-state index in [9.17, 15) is 4.79 Å². The lowest BCUT2D eigenvalue weighted by Crippen LogP contribution is -2.56. The highest BCUT2D eigenvalue weighted by atomic mass is 16.1. The molecule has 0 saturated heterocycles. The minimum Gasteiger partial charge on any atom is -0.372 e. The molecule has 0 aliphatic carbocycles. The predicted molar refractivity (Wildman–Crippen MR) is 71.0 cm³/mol. The third-order valence-corrected chi connectivity index (χ3v) is 2.89. The fourth-order valence-electron chi connectivity index (χ4n) is 1.89. The van der Waals surface area contributed by atoms with Crippen molar-refractivity contribution in [2.45, 2.75) is 26.3 Å². The van der Waals surface area contributed by atoms with Crippen LogP contribution in [0.4, 0.5) is 5.69 Å². The Morgan fingerprint density at radius 2 is 2.00 bits per heavy atom. The van der Waals surface area contributed by atoms with E-state index < -0.39 is 11.4 Å². The van der Waals surface area contributed by atoms with E-state index in [1.165, 1.54) is 5.56 Å². The van der Waals surface area contributed by atoms with Crippen LogP contribution >= 0.6 is 0 Å². The van der Waals surface area contributed by atoms with E-state index in [2.05, 4.69) is 6.07 Å². The van der Waals surface area contributed by atoms with Gasteiger partial charge in [-0.25, -0.2) is 0 Å². The zero-order chi connectivity index (χ0) is 13.2. The summed E-state index contributed by atoms with van der Waals surface area (Å²) in [6.45, 7) is 6.13. The first-order valence-electron chi connectivity index (χ1n) is 5.61. The van der Waals surface area contributed by atoms with Crippen LogP contribution in [0.3, 0.4) is 0 Å². The molecule has 1 aromatic rings. The third kappa shape index (κ3) is 3.20. The number of nitrogens with two attached hydrogens (primary N) is 2. The van der Waals surface area contributed by atoms with Crippen LogP contribution in [0.25, 0.3) is 0 Å². The lowest BCUT2D eigenvalue weighted by atomic mass is 10.0. The highest BCUT2D eigenvalue weighted by molar-refractivity contribution is 5.84. The minimum absolute atomic E-state index is 0.395. The topological polar surface area (TPSA) is 72.3 Å². The molecule has 0 aliphatic rings. The fraction of sp³-hybridized carbons (Fsp3) is 0.462. The van der Waals surface area contributed by atoms with Crippen molar-refractivity contribution in [3.8, 4) is 0 Å². The van der Waals surface area contributed by atoms with Crippen LogP contribution in [-0.4, -0.2) is 25.0 Å². The van der Waals surface area contributed by atoms with Crippen LogP contribution in [0.5, 0.6) is 0 Å². The Hall–Kier alpha value is -1.55. The van der Waals surface area contributed by atoms with Gasteiger partial charge in [-0.1, -0.05) is 17.7 Å². The normalized spacial score (nSPS) is 14.2. The average molecular weight is 235 g/mol. The number of likely N-dealkylation sites (N-methyl/N-ethyl adjacent to an activating group) is 1. The van der Waals surface area contributed by atoms with E-state index in [-0.39, 0.29) is 0 Å². The van der Waals surface area contributed by atoms with E-state index in [0.717, 1.165) is 11.3 Å². The van der Waals surface area contributed by atoms with Gasteiger partial charge in [-0.15, -0.1) is 0 Å². The van der Waals surface area contributed by atoms with Crippen molar-refractivity contribution in [3.05, 3.63) is 29.3 Å². The lowest BCUT2D eigenvalue weighted by molar-refractivity contribution is -0.122. The molecule has 0 heterocycles.